The number of rotatable bonds is 11. The number of para-hydroxylation sites is 1. The highest BCUT2D eigenvalue weighted by atomic mass is 16.5. The number of carbonyl (C=O) groups is 2. The van der Waals surface area contributed by atoms with Crippen molar-refractivity contribution in [1.82, 2.24) is 20.0 Å². The first kappa shape index (κ1) is 29.4. The number of hydrogen-bond donors (Lipinski definition) is 1. The third-order valence-corrected chi connectivity index (χ3v) is 7.20. The molecule has 0 saturated carbocycles. The first-order valence-electron chi connectivity index (χ1n) is 14.0. The molecule has 2 amide bonds. The van der Waals surface area contributed by atoms with Crippen molar-refractivity contribution in [3.05, 3.63) is 78.1 Å². The smallest absolute Gasteiger partial charge is 0.244 e. The van der Waals surface area contributed by atoms with Gasteiger partial charge in [0.05, 0.1) is 6.26 Å². The van der Waals surface area contributed by atoms with Gasteiger partial charge in [-0.2, -0.15) is 0 Å². The summed E-state index contributed by atoms with van der Waals surface area (Å²) in [5.41, 5.74) is 3.04. The number of amides is 2. The highest BCUT2D eigenvalue weighted by molar-refractivity contribution is 5.89. The van der Waals surface area contributed by atoms with E-state index < -0.39 is 6.04 Å². The van der Waals surface area contributed by atoms with E-state index in [0.717, 1.165) is 34.7 Å². The van der Waals surface area contributed by atoms with Crippen LogP contribution in [0.1, 0.15) is 31.9 Å². The quantitative estimate of drug-likeness (QED) is 0.387. The molecule has 1 aromatic heterocycles. The summed E-state index contributed by atoms with van der Waals surface area (Å²) in [5, 5.41) is 3.09. The molecule has 1 aliphatic heterocycles. The van der Waals surface area contributed by atoms with Crippen LogP contribution in [0.25, 0.3) is 11.3 Å². The molecular formula is C32H42N4O4. The molecular weight excluding hydrogens is 504 g/mol. The van der Waals surface area contributed by atoms with Crippen molar-refractivity contribution in [2.75, 3.05) is 40.3 Å². The van der Waals surface area contributed by atoms with Crippen LogP contribution in [0.3, 0.4) is 0 Å². The minimum absolute atomic E-state index is 0.00233. The molecule has 1 aliphatic rings. The van der Waals surface area contributed by atoms with E-state index in [1.54, 1.807) is 11.2 Å². The number of furan rings is 1. The summed E-state index contributed by atoms with van der Waals surface area (Å²) in [5.74, 6) is 1.33. The van der Waals surface area contributed by atoms with Crippen LogP contribution in [0.15, 0.2) is 71.3 Å². The number of piperazine rings is 1. The maximum atomic E-state index is 13.6. The van der Waals surface area contributed by atoms with E-state index in [9.17, 15) is 9.59 Å². The van der Waals surface area contributed by atoms with E-state index in [2.05, 4.69) is 21.2 Å². The Morgan fingerprint density at radius 2 is 1.80 bits per heavy atom. The van der Waals surface area contributed by atoms with Gasteiger partial charge in [-0.05, 0) is 44.8 Å². The minimum Gasteiger partial charge on any atom is -0.492 e. The van der Waals surface area contributed by atoms with Crippen molar-refractivity contribution in [2.24, 2.45) is 5.92 Å². The average molecular weight is 547 g/mol. The lowest BCUT2D eigenvalue weighted by molar-refractivity contribution is -0.150. The molecule has 0 aliphatic carbocycles. The highest BCUT2D eigenvalue weighted by Crippen LogP contribution is 2.25. The Labute approximate surface area is 237 Å². The van der Waals surface area contributed by atoms with Crippen LogP contribution in [0.4, 0.5) is 0 Å². The van der Waals surface area contributed by atoms with Crippen LogP contribution < -0.4 is 10.1 Å². The molecule has 1 N–H and O–H groups in total. The monoisotopic (exact) mass is 546 g/mol. The van der Waals surface area contributed by atoms with E-state index >= 15 is 0 Å². The predicted molar refractivity (Wildman–Crippen MR) is 157 cm³/mol. The molecule has 4 rings (SSSR count). The molecule has 2 heterocycles. The molecule has 0 bridgehead atoms. The van der Waals surface area contributed by atoms with E-state index in [1.807, 2.05) is 89.5 Å². The van der Waals surface area contributed by atoms with Gasteiger partial charge in [-0.25, -0.2) is 0 Å². The second-order valence-corrected chi connectivity index (χ2v) is 11.1. The van der Waals surface area contributed by atoms with Gasteiger partial charge in [0.15, 0.2) is 0 Å². The molecule has 2 unspecified atom stereocenters. The predicted octanol–water partition coefficient (Wildman–Crippen LogP) is 4.26. The molecule has 40 heavy (non-hydrogen) atoms. The molecule has 8 heteroatoms. The van der Waals surface area contributed by atoms with Crippen LogP contribution in [-0.2, 0) is 22.7 Å². The van der Waals surface area contributed by atoms with E-state index in [4.69, 9.17) is 9.15 Å². The number of carbonyl (C=O) groups excluding carboxylic acids is 2. The summed E-state index contributed by atoms with van der Waals surface area (Å²) in [6.07, 6.45) is 1.65. The highest BCUT2D eigenvalue weighted by Gasteiger charge is 2.40. The molecule has 214 valence electrons. The third kappa shape index (κ3) is 7.52. The summed E-state index contributed by atoms with van der Waals surface area (Å²) >= 11 is 0. The lowest BCUT2D eigenvalue weighted by atomic mass is 10.0. The summed E-state index contributed by atoms with van der Waals surface area (Å²) in [6, 6.07) is 19.1. The van der Waals surface area contributed by atoms with Crippen molar-refractivity contribution in [2.45, 2.75) is 45.9 Å². The molecule has 0 radical (unpaired) electrons. The number of likely N-dealkylation sites (N-methyl/N-ethyl adjacent to an activating group) is 1. The molecule has 1 saturated heterocycles. The van der Waals surface area contributed by atoms with Gasteiger partial charge in [-0.15, -0.1) is 0 Å². The van der Waals surface area contributed by atoms with Gasteiger partial charge in [-0.3, -0.25) is 14.5 Å². The summed E-state index contributed by atoms with van der Waals surface area (Å²) < 4.78 is 11.6. The maximum Gasteiger partial charge on any atom is 0.244 e. The number of nitrogens with one attached hydrogen (secondary N) is 1. The molecule has 1 fully saturated rings. The van der Waals surface area contributed by atoms with Crippen LogP contribution in [-0.4, -0.2) is 78.9 Å². The van der Waals surface area contributed by atoms with E-state index in [1.165, 1.54) is 0 Å². The van der Waals surface area contributed by atoms with E-state index in [0.29, 0.717) is 32.8 Å². The maximum absolute atomic E-state index is 13.6. The fraction of sp³-hybridized carbons (Fsp3) is 0.438. The van der Waals surface area contributed by atoms with Gasteiger partial charge < -0.3 is 24.3 Å². The van der Waals surface area contributed by atoms with Crippen LogP contribution in [0.2, 0.25) is 0 Å². The third-order valence-electron chi connectivity index (χ3n) is 7.20. The molecule has 8 nitrogen and oxygen atoms in total. The summed E-state index contributed by atoms with van der Waals surface area (Å²) in [6.45, 7) is 9.40. The van der Waals surface area contributed by atoms with Gasteiger partial charge >= 0.3 is 0 Å². The van der Waals surface area contributed by atoms with Gasteiger partial charge in [0.2, 0.25) is 11.8 Å². The fourth-order valence-corrected chi connectivity index (χ4v) is 5.07. The standard InChI is InChI=1S/C32H42N4O4/c1-23(2)32(38)36-24(3)20-35(21-27-9-6-7-10-30(27)40-18-16-34(4)5)22-28(36)31(37)33-19-25-12-14-26(15-13-25)29-11-8-17-39-29/h6-15,17,23-24,28H,16,18-22H2,1-5H3,(H,33,37). The lowest BCUT2D eigenvalue weighted by Gasteiger charge is -2.45. The second kappa shape index (κ2) is 13.6. The van der Waals surface area contributed by atoms with Crippen molar-refractivity contribution >= 4 is 11.8 Å². The Balaban J connectivity index is 1.45. The Kier molecular flexibility index (Phi) is 10.0. The van der Waals surface area contributed by atoms with Gasteiger partial charge in [0.1, 0.15) is 24.2 Å². The van der Waals surface area contributed by atoms with Crippen LogP contribution >= 0.6 is 0 Å². The molecule has 2 aromatic carbocycles. The number of ether oxygens (including phenoxy) is 1. The Hall–Kier alpha value is -3.62. The zero-order valence-electron chi connectivity index (χ0n) is 24.3. The summed E-state index contributed by atoms with van der Waals surface area (Å²) in [4.78, 5) is 33.0. The molecule has 0 spiro atoms. The van der Waals surface area contributed by atoms with E-state index in [-0.39, 0.29) is 23.8 Å². The molecule has 3 aromatic rings. The number of benzene rings is 2. The molecule has 2 atom stereocenters. The Morgan fingerprint density at radius 3 is 2.48 bits per heavy atom. The van der Waals surface area contributed by atoms with Gasteiger partial charge in [-0.1, -0.05) is 56.3 Å². The first-order chi connectivity index (χ1) is 19.2. The number of hydrogen-bond acceptors (Lipinski definition) is 6. The van der Waals surface area contributed by atoms with Crippen molar-refractivity contribution in [3.63, 3.8) is 0 Å². The first-order valence-corrected chi connectivity index (χ1v) is 14.0. The van der Waals surface area contributed by atoms with Crippen LogP contribution in [0, 0.1) is 5.92 Å². The Morgan fingerprint density at radius 1 is 1.05 bits per heavy atom. The SMILES string of the molecule is CC(C)C(=O)N1C(C)CN(Cc2ccccc2OCCN(C)C)CC1C(=O)NCc1ccc(-c2ccco2)cc1. The van der Waals surface area contributed by atoms with Gasteiger partial charge in [0, 0.05) is 55.8 Å². The zero-order valence-corrected chi connectivity index (χ0v) is 24.3. The van der Waals surface area contributed by atoms with Gasteiger partial charge in [0.25, 0.3) is 0 Å². The zero-order chi connectivity index (χ0) is 28.6. The average Bonchev–Trinajstić information content (AvgIpc) is 3.47. The van der Waals surface area contributed by atoms with Crippen molar-refractivity contribution in [3.8, 4) is 17.1 Å². The second-order valence-electron chi connectivity index (χ2n) is 11.1. The van der Waals surface area contributed by atoms with Crippen molar-refractivity contribution in [1.29, 1.82) is 0 Å². The minimum atomic E-state index is -0.581. The lowest BCUT2D eigenvalue weighted by Crippen LogP contribution is -2.64. The topological polar surface area (TPSA) is 78.3 Å². The number of nitrogens with zero attached hydrogens (tertiary/aromatic N) is 3. The normalized spacial score (nSPS) is 17.8. The fourth-order valence-electron chi connectivity index (χ4n) is 5.07. The van der Waals surface area contributed by atoms with Crippen LogP contribution in [0.5, 0.6) is 5.75 Å². The summed E-state index contributed by atoms with van der Waals surface area (Å²) in [7, 11) is 4.05. The Bertz CT molecular complexity index is 1240. The van der Waals surface area contributed by atoms with Crippen molar-refractivity contribution < 1.29 is 18.7 Å². The largest absolute Gasteiger partial charge is 0.492 e.